The van der Waals surface area contributed by atoms with Gasteiger partial charge in [0.25, 0.3) is 0 Å². The molecule has 3 fully saturated rings. The number of aliphatic carboxylic acids is 1. The Morgan fingerprint density at radius 2 is 1.95 bits per heavy atom. The predicted octanol–water partition coefficient (Wildman–Crippen LogP) is 1.43. The summed E-state index contributed by atoms with van der Waals surface area (Å²) >= 11 is 0. The van der Waals surface area contributed by atoms with Gasteiger partial charge in [-0.05, 0) is 33.6 Å². The highest BCUT2D eigenvalue weighted by Crippen LogP contribution is 2.38. The van der Waals surface area contributed by atoms with E-state index in [1.54, 1.807) is 20.8 Å². The first-order chi connectivity index (χ1) is 8.70. The van der Waals surface area contributed by atoms with Crippen molar-refractivity contribution in [2.45, 2.75) is 57.7 Å². The van der Waals surface area contributed by atoms with Crippen LogP contribution < -0.4 is 0 Å². The zero-order valence-corrected chi connectivity index (χ0v) is 11.4. The number of amides is 1. The smallest absolute Gasteiger partial charge is 0.411 e. The Balaban J connectivity index is 2.25. The standard InChI is InChI=1S/C13H19NO5/c1-13(2,3)19-12(18)14-7-4-5-8(9(15)6-7)10(14)11(16)17/h7-8,10H,4-6H2,1-3H3,(H,16,17)/t7-,8+,10-/m0/s1. The van der Waals surface area contributed by atoms with E-state index in [0.29, 0.717) is 12.8 Å². The van der Waals surface area contributed by atoms with Crippen LogP contribution in [0.4, 0.5) is 4.79 Å². The summed E-state index contributed by atoms with van der Waals surface area (Å²) in [5.74, 6) is -1.77. The molecule has 106 valence electrons. The molecule has 0 aromatic rings. The molecule has 6 heteroatoms. The number of nitrogens with zero attached hydrogens (tertiary/aromatic N) is 1. The van der Waals surface area contributed by atoms with Crippen LogP contribution in [0.1, 0.15) is 40.0 Å². The third-order valence-corrected chi connectivity index (χ3v) is 3.59. The number of piperidine rings is 2. The number of carboxylic acids is 1. The van der Waals surface area contributed by atoms with Gasteiger partial charge >= 0.3 is 12.1 Å². The molecular formula is C13H19NO5. The zero-order valence-electron chi connectivity index (χ0n) is 11.4. The monoisotopic (exact) mass is 269 g/mol. The van der Waals surface area contributed by atoms with Crippen LogP contribution in [0.15, 0.2) is 0 Å². The van der Waals surface area contributed by atoms with Crippen LogP contribution in [0.2, 0.25) is 0 Å². The first-order valence-electron chi connectivity index (χ1n) is 6.47. The highest BCUT2D eigenvalue weighted by molar-refractivity contribution is 5.93. The van der Waals surface area contributed by atoms with E-state index in [9.17, 15) is 19.5 Å². The van der Waals surface area contributed by atoms with E-state index in [2.05, 4.69) is 0 Å². The molecule has 2 saturated heterocycles. The molecule has 0 aromatic heterocycles. The maximum atomic E-state index is 12.2. The molecule has 6 nitrogen and oxygen atoms in total. The molecule has 1 saturated carbocycles. The largest absolute Gasteiger partial charge is 0.480 e. The summed E-state index contributed by atoms with van der Waals surface area (Å²) < 4.78 is 5.26. The van der Waals surface area contributed by atoms with Crippen molar-refractivity contribution in [1.29, 1.82) is 0 Å². The van der Waals surface area contributed by atoms with Crippen LogP contribution in [-0.4, -0.2) is 45.5 Å². The first-order valence-corrected chi connectivity index (χ1v) is 6.47. The molecule has 3 aliphatic rings. The SMILES string of the molecule is CC(C)(C)OC(=O)N1[C@H]2CC[C@H](C(=O)C2)[C@H]1C(=O)O. The number of hydrogen-bond acceptors (Lipinski definition) is 4. The van der Waals surface area contributed by atoms with Crippen molar-refractivity contribution in [3.8, 4) is 0 Å². The quantitative estimate of drug-likeness (QED) is 0.778. The summed E-state index contributed by atoms with van der Waals surface area (Å²) in [5.41, 5.74) is -0.680. The summed E-state index contributed by atoms with van der Waals surface area (Å²) in [7, 11) is 0. The van der Waals surface area contributed by atoms with Crippen LogP contribution in [-0.2, 0) is 14.3 Å². The van der Waals surface area contributed by atoms with E-state index < -0.39 is 29.6 Å². The van der Waals surface area contributed by atoms with Crippen molar-refractivity contribution in [2.24, 2.45) is 5.92 Å². The third kappa shape index (κ3) is 2.57. The van der Waals surface area contributed by atoms with E-state index >= 15 is 0 Å². The van der Waals surface area contributed by atoms with Crippen LogP contribution in [0, 0.1) is 5.92 Å². The summed E-state index contributed by atoms with van der Waals surface area (Å²) in [4.78, 5) is 36.6. The molecule has 3 atom stereocenters. The summed E-state index contributed by atoms with van der Waals surface area (Å²) in [6.07, 6.45) is 0.814. The minimum atomic E-state index is -1.13. The molecule has 2 heterocycles. The van der Waals surface area contributed by atoms with Gasteiger partial charge in [0, 0.05) is 18.4 Å². The normalized spacial score (nSPS) is 30.4. The van der Waals surface area contributed by atoms with E-state index in [4.69, 9.17) is 4.74 Å². The molecule has 0 unspecified atom stereocenters. The first kappa shape index (κ1) is 13.8. The van der Waals surface area contributed by atoms with Crippen LogP contribution >= 0.6 is 0 Å². The maximum absolute atomic E-state index is 12.2. The molecule has 3 rings (SSSR count). The fraction of sp³-hybridized carbons (Fsp3) is 0.769. The zero-order chi connectivity index (χ0) is 14.4. The number of rotatable bonds is 1. The maximum Gasteiger partial charge on any atom is 0.411 e. The van der Waals surface area contributed by atoms with Crippen LogP contribution in [0.5, 0.6) is 0 Å². The summed E-state index contributed by atoms with van der Waals surface area (Å²) in [5, 5.41) is 9.29. The highest BCUT2D eigenvalue weighted by Gasteiger charge is 2.52. The van der Waals surface area contributed by atoms with Gasteiger partial charge in [0.2, 0.25) is 0 Å². The van der Waals surface area contributed by atoms with Gasteiger partial charge in [-0.25, -0.2) is 9.59 Å². The van der Waals surface area contributed by atoms with Crippen molar-refractivity contribution in [1.82, 2.24) is 4.90 Å². The second-order valence-corrected chi connectivity index (χ2v) is 6.18. The lowest BCUT2D eigenvalue weighted by Gasteiger charge is -2.48. The van der Waals surface area contributed by atoms with Gasteiger partial charge in [-0.1, -0.05) is 0 Å². The number of ether oxygens (including phenoxy) is 1. The van der Waals surface area contributed by atoms with Gasteiger partial charge in [-0.2, -0.15) is 0 Å². The van der Waals surface area contributed by atoms with E-state index in [0.717, 1.165) is 0 Å². The average molecular weight is 269 g/mol. The number of carboxylic acid groups (broad SMARTS) is 1. The highest BCUT2D eigenvalue weighted by atomic mass is 16.6. The molecular weight excluding hydrogens is 250 g/mol. The number of carbonyl (C=O) groups is 3. The number of hydrogen-bond donors (Lipinski definition) is 1. The molecule has 1 aliphatic carbocycles. The van der Waals surface area contributed by atoms with Gasteiger partial charge in [0.1, 0.15) is 17.4 Å². The Kier molecular flexibility index (Phi) is 3.28. The minimum Gasteiger partial charge on any atom is -0.480 e. The van der Waals surface area contributed by atoms with Gasteiger partial charge in [0.05, 0.1) is 0 Å². The van der Waals surface area contributed by atoms with Gasteiger partial charge in [-0.15, -0.1) is 0 Å². The van der Waals surface area contributed by atoms with Crippen molar-refractivity contribution >= 4 is 17.8 Å². The van der Waals surface area contributed by atoms with Crippen molar-refractivity contribution in [2.75, 3.05) is 0 Å². The van der Waals surface area contributed by atoms with Crippen molar-refractivity contribution in [3.63, 3.8) is 0 Å². The minimum absolute atomic E-state index is 0.0524. The number of fused-ring (bicyclic) bond motifs is 3. The lowest BCUT2D eigenvalue weighted by atomic mass is 9.74. The fourth-order valence-corrected chi connectivity index (χ4v) is 2.88. The molecule has 2 aliphatic heterocycles. The van der Waals surface area contributed by atoms with Crippen LogP contribution in [0.3, 0.4) is 0 Å². The van der Waals surface area contributed by atoms with E-state index in [1.165, 1.54) is 4.90 Å². The topological polar surface area (TPSA) is 83.9 Å². The van der Waals surface area contributed by atoms with E-state index in [1.807, 2.05) is 0 Å². The summed E-state index contributed by atoms with van der Waals surface area (Å²) in [6, 6.07) is -1.41. The third-order valence-electron chi connectivity index (χ3n) is 3.59. The summed E-state index contributed by atoms with van der Waals surface area (Å²) in [6.45, 7) is 5.19. The van der Waals surface area contributed by atoms with Gasteiger partial charge < -0.3 is 9.84 Å². The Bertz CT molecular complexity index is 425. The fourth-order valence-electron chi connectivity index (χ4n) is 2.88. The number of ketones is 1. The van der Waals surface area contributed by atoms with Crippen molar-refractivity contribution < 1.29 is 24.2 Å². The molecule has 19 heavy (non-hydrogen) atoms. The van der Waals surface area contributed by atoms with E-state index in [-0.39, 0.29) is 18.2 Å². The number of carbonyl (C=O) groups excluding carboxylic acids is 2. The second-order valence-electron chi connectivity index (χ2n) is 6.18. The Hall–Kier alpha value is -1.59. The molecule has 1 N–H and O–H groups in total. The second kappa shape index (κ2) is 4.51. The average Bonchev–Trinajstić information content (AvgIpc) is 2.25. The predicted molar refractivity (Wildman–Crippen MR) is 65.6 cm³/mol. The van der Waals surface area contributed by atoms with Gasteiger partial charge in [0.15, 0.2) is 0 Å². The Morgan fingerprint density at radius 1 is 1.32 bits per heavy atom. The number of Topliss-reactive ketones (excluding diaryl/α,β-unsaturated/α-hetero) is 1. The molecule has 0 radical (unpaired) electrons. The van der Waals surface area contributed by atoms with Crippen molar-refractivity contribution in [3.05, 3.63) is 0 Å². The lowest BCUT2D eigenvalue weighted by Crippen LogP contribution is -2.64. The Labute approximate surface area is 111 Å². The van der Waals surface area contributed by atoms with Gasteiger partial charge in [-0.3, -0.25) is 9.69 Å². The molecule has 1 amide bonds. The molecule has 0 spiro atoms. The lowest BCUT2D eigenvalue weighted by molar-refractivity contribution is -0.158. The molecule has 0 aromatic carbocycles. The molecule has 2 bridgehead atoms. The van der Waals surface area contributed by atoms with Crippen LogP contribution in [0.25, 0.3) is 0 Å². The Morgan fingerprint density at radius 3 is 2.42 bits per heavy atom.